The van der Waals surface area contributed by atoms with E-state index in [-0.39, 0.29) is 5.54 Å². The van der Waals surface area contributed by atoms with Crippen molar-refractivity contribution in [2.75, 3.05) is 6.54 Å². The van der Waals surface area contributed by atoms with Crippen LogP contribution in [0.5, 0.6) is 0 Å². The molecule has 3 aromatic heterocycles. The molecule has 112 valence electrons. The average Bonchev–Trinajstić information content (AvgIpc) is 3.14. The van der Waals surface area contributed by atoms with Crippen LogP contribution >= 0.6 is 11.6 Å². The van der Waals surface area contributed by atoms with Gasteiger partial charge >= 0.3 is 0 Å². The topological polar surface area (TPSA) is 51.0 Å². The summed E-state index contributed by atoms with van der Waals surface area (Å²) in [6.07, 6.45) is 5.73. The van der Waals surface area contributed by atoms with Crippen LogP contribution in [0.2, 0.25) is 5.15 Å². The molecular weight excluding hydrogens is 298 g/mol. The highest BCUT2D eigenvalue weighted by atomic mass is 35.5. The summed E-state index contributed by atoms with van der Waals surface area (Å²) in [6, 6.07) is 7.79. The highest BCUT2D eigenvalue weighted by Gasteiger charge is 2.33. The number of nitrogens with zero attached hydrogens (tertiary/aromatic N) is 2. The van der Waals surface area contributed by atoms with Crippen molar-refractivity contribution in [2.45, 2.75) is 25.3 Å². The summed E-state index contributed by atoms with van der Waals surface area (Å²) >= 11 is 6.35. The zero-order valence-corrected chi connectivity index (χ0v) is 13.0. The van der Waals surface area contributed by atoms with Gasteiger partial charge < -0.3 is 9.73 Å². The summed E-state index contributed by atoms with van der Waals surface area (Å²) in [5, 5.41) is 3.98. The molecule has 4 heterocycles. The van der Waals surface area contributed by atoms with Crippen molar-refractivity contribution in [3.63, 3.8) is 0 Å². The standard InChI is InChI=1S/C17H16ClN3O/c1-17(5-3-7-20-17)15-9-13-14(22-15)8-12(16(18)21-13)11-4-2-6-19-10-11/h2,4,6,8-10,20H,3,5,7H2,1H3/t17-/m0/s1. The molecule has 0 aromatic carbocycles. The van der Waals surface area contributed by atoms with Crippen LogP contribution in [0.1, 0.15) is 25.5 Å². The SMILES string of the molecule is C[C@@]1(c2cc3nc(Cl)c(-c4cccnc4)cc3o2)CCCN1. The number of pyridine rings is 2. The Kier molecular flexibility index (Phi) is 3.17. The number of hydrogen-bond donors (Lipinski definition) is 1. The second kappa shape index (κ2) is 5.07. The molecule has 0 radical (unpaired) electrons. The van der Waals surface area contributed by atoms with Crippen LogP contribution in [-0.2, 0) is 5.54 Å². The Labute approximate surface area is 133 Å². The summed E-state index contributed by atoms with van der Waals surface area (Å²) in [4.78, 5) is 8.63. The van der Waals surface area contributed by atoms with Gasteiger partial charge in [0.1, 0.15) is 16.4 Å². The van der Waals surface area contributed by atoms with Gasteiger partial charge in [-0.2, -0.15) is 0 Å². The van der Waals surface area contributed by atoms with E-state index in [1.165, 1.54) is 0 Å². The van der Waals surface area contributed by atoms with E-state index in [2.05, 4.69) is 22.2 Å². The normalized spacial score (nSPS) is 21.5. The minimum Gasteiger partial charge on any atom is -0.457 e. The quantitative estimate of drug-likeness (QED) is 0.722. The molecule has 1 aliphatic rings. The molecule has 3 aromatic rings. The number of halogens is 1. The van der Waals surface area contributed by atoms with E-state index < -0.39 is 0 Å². The lowest BCUT2D eigenvalue weighted by Gasteiger charge is -2.20. The molecule has 1 N–H and O–H groups in total. The third-order valence-electron chi connectivity index (χ3n) is 4.34. The monoisotopic (exact) mass is 313 g/mol. The van der Waals surface area contributed by atoms with Crippen LogP contribution in [0.15, 0.2) is 41.1 Å². The van der Waals surface area contributed by atoms with E-state index >= 15 is 0 Å². The Balaban J connectivity index is 1.84. The van der Waals surface area contributed by atoms with Gasteiger partial charge in [-0.05, 0) is 38.4 Å². The fraction of sp³-hybridized carbons (Fsp3) is 0.294. The van der Waals surface area contributed by atoms with Gasteiger partial charge in [0.15, 0.2) is 5.58 Å². The van der Waals surface area contributed by atoms with Gasteiger partial charge in [-0.25, -0.2) is 4.98 Å². The van der Waals surface area contributed by atoms with Crippen LogP contribution in [0.25, 0.3) is 22.2 Å². The first-order valence-electron chi connectivity index (χ1n) is 7.42. The summed E-state index contributed by atoms with van der Waals surface area (Å²) in [5.74, 6) is 0.923. The summed E-state index contributed by atoms with van der Waals surface area (Å²) in [5.41, 5.74) is 3.22. The van der Waals surface area contributed by atoms with Crippen molar-refractivity contribution in [1.29, 1.82) is 0 Å². The van der Waals surface area contributed by atoms with Gasteiger partial charge in [0.2, 0.25) is 0 Å². The Morgan fingerprint density at radius 3 is 3.00 bits per heavy atom. The number of rotatable bonds is 2. The van der Waals surface area contributed by atoms with E-state index in [1.54, 1.807) is 12.4 Å². The van der Waals surface area contributed by atoms with Gasteiger partial charge in [-0.3, -0.25) is 4.98 Å². The average molecular weight is 314 g/mol. The molecule has 0 amide bonds. The highest BCUT2D eigenvalue weighted by molar-refractivity contribution is 6.32. The van der Waals surface area contributed by atoms with Crippen molar-refractivity contribution >= 4 is 22.7 Å². The van der Waals surface area contributed by atoms with E-state index in [0.717, 1.165) is 47.4 Å². The number of nitrogens with one attached hydrogen (secondary N) is 1. The smallest absolute Gasteiger partial charge is 0.153 e. The maximum absolute atomic E-state index is 6.35. The second-order valence-corrected chi connectivity index (χ2v) is 6.28. The molecule has 0 saturated carbocycles. The van der Waals surface area contributed by atoms with Crippen molar-refractivity contribution < 1.29 is 4.42 Å². The third-order valence-corrected chi connectivity index (χ3v) is 4.63. The van der Waals surface area contributed by atoms with Gasteiger partial charge in [-0.15, -0.1) is 0 Å². The van der Waals surface area contributed by atoms with E-state index in [9.17, 15) is 0 Å². The fourth-order valence-electron chi connectivity index (χ4n) is 3.04. The highest BCUT2D eigenvalue weighted by Crippen LogP contribution is 2.36. The molecule has 1 aliphatic heterocycles. The van der Waals surface area contributed by atoms with E-state index in [4.69, 9.17) is 16.0 Å². The van der Waals surface area contributed by atoms with Crippen LogP contribution in [0.4, 0.5) is 0 Å². The molecule has 0 unspecified atom stereocenters. The van der Waals surface area contributed by atoms with Crippen LogP contribution < -0.4 is 5.32 Å². The number of hydrogen-bond acceptors (Lipinski definition) is 4. The van der Waals surface area contributed by atoms with Crippen LogP contribution in [0, 0.1) is 0 Å². The first-order valence-corrected chi connectivity index (χ1v) is 7.79. The maximum atomic E-state index is 6.35. The molecule has 5 heteroatoms. The molecule has 1 fully saturated rings. The largest absolute Gasteiger partial charge is 0.457 e. The predicted octanol–water partition coefficient (Wildman–Crippen LogP) is 4.14. The summed E-state index contributed by atoms with van der Waals surface area (Å²) < 4.78 is 6.07. The van der Waals surface area contributed by atoms with Gasteiger partial charge in [-0.1, -0.05) is 17.7 Å². The first kappa shape index (κ1) is 13.7. The zero-order valence-electron chi connectivity index (χ0n) is 12.3. The summed E-state index contributed by atoms with van der Waals surface area (Å²) in [7, 11) is 0. The van der Waals surface area contributed by atoms with Crippen LogP contribution in [0.3, 0.4) is 0 Å². The minimum atomic E-state index is -0.109. The summed E-state index contributed by atoms with van der Waals surface area (Å²) in [6.45, 7) is 3.18. The van der Waals surface area contributed by atoms with Gasteiger partial charge in [0.05, 0.1) is 5.54 Å². The molecule has 0 spiro atoms. The number of furan rings is 1. The van der Waals surface area contributed by atoms with Crippen LogP contribution in [-0.4, -0.2) is 16.5 Å². The second-order valence-electron chi connectivity index (χ2n) is 5.92. The number of fused-ring (bicyclic) bond motifs is 1. The molecular formula is C17H16ClN3O. The van der Waals surface area contributed by atoms with Crippen molar-refractivity contribution in [2.24, 2.45) is 0 Å². The van der Waals surface area contributed by atoms with Gasteiger partial charge in [0, 0.05) is 29.6 Å². The Bertz CT molecular complexity index is 823. The third kappa shape index (κ3) is 2.19. The molecule has 1 saturated heterocycles. The van der Waals surface area contributed by atoms with Crippen molar-refractivity contribution in [3.05, 3.63) is 47.6 Å². The molecule has 4 rings (SSSR count). The number of aromatic nitrogens is 2. The predicted molar refractivity (Wildman–Crippen MR) is 86.8 cm³/mol. The van der Waals surface area contributed by atoms with Crippen molar-refractivity contribution in [3.8, 4) is 11.1 Å². The lowest BCUT2D eigenvalue weighted by Crippen LogP contribution is -2.32. The van der Waals surface area contributed by atoms with Gasteiger partial charge in [0.25, 0.3) is 0 Å². The zero-order chi connectivity index (χ0) is 15.2. The lowest BCUT2D eigenvalue weighted by molar-refractivity contribution is 0.346. The fourth-order valence-corrected chi connectivity index (χ4v) is 3.30. The maximum Gasteiger partial charge on any atom is 0.153 e. The molecule has 1 atom stereocenters. The Morgan fingerprint density at radius 2 is 2.27 bits per heavy atom. The minimum absolute atomic E-state index is 0.109. The Hall–Kier alpha value is -1.91. The molecule has 4 nitrogen and oxygen atoms in total. The molecule has 0 bridgehead atoms. The Morgan fingerprint density at radius 1 is 1.36 bits per heavy atom. The lowest BCUT2D eigenvalue weighted by atomic mass is 9.97. The molecule has 22 heavy (non-hydrogen) atoms. The molecule has 0 aliphatic carbocycles. The van der Waals surface area contributed by atoms with E-state index in [0.29, 0.717) is 5.15 Å². The first-order chi connectivity index (χ1) is 10.7. The van der Waals surface area contributed by atoms with Crippen molar-refractivity contribution in [1.82, 2.24) is 15.3 Å². The van der Waals surface area contributed by atoms with E-state index in [1.807, 2.05) is 24.3 Å².